The smallest absolute Gasteiger partial charge is 0.142 e. The third-order valence-corrected chi connectivity index (χ3v) is 8.01. The minimum absolute atomic E-state index is 0.0860. The summed E-state index contributed by atoms with van der Waals surface area (Å²) in [7, 11) is 0. The highest BCUT2D eigenvalue weighted by Crippen LogP contribution is 2.63. The first kappa shape index (κ1) is 14.9. The van der Waals surface area contributed by atoms with Gasteiger partial charge < -0.3 is 5.11 Å². The molecule has 0 spiro atoms. The molecule has 0 aliphatic heterocycles. The zero-order valence-corrected chi connectivity index (χ0v) is 14.3. The van der Waals surface area contributed by atoms with Crippen LogP contribution in [0.2, 0.25) is 0 Å². The molecule has 2 heteroatoms. The van der Waals surface area contributed by atoms with E-state index in [9.17, 15) is 9.90 Å². The van der Waals surface area contributed by atoms with E-state index in [1.54, 1.807) is 5.57 Å². The zero-order valence-electron chi connectivity index (χ0n) is 14.3. The van der Waals surface area contributed by atoms with Crippen LogP contribution in [0.5, 0.6) is 0 Å². The standard InChI is InChI=1S/C20H30O2/c1-12-10-17-15-5-4-13-11-14(21)6-8-19(13,2)16(15)7-9-20(17,3)18(12)22/h7,12-15,17,21H,4-6,8-11H2,1-3H3/t12?,13-,14-,15?,17?,19+,20+/m1/s1. The lowest BCUT2D eigenvalue weighted by molar-refractivity contribution is -0.130. The summed E-state index contributed by atoms with van der Waals surface area (Å²) >= 11 is 0. The number of carbonyl (C=O) groups is 1. The molecule has 0 aromatic heterocycles. The molecule has 22 heavy (non-hydrogen) atoms. The molecule has 0 aromatic rings. The average molecular weight is 302 g/mol. The van der Waals surface area contributed by atoms with Gasteiger partial charge in [0.15, 0.2) is 0 Å². The molecule has 0 amide bonds. The predicted octanol–water partition coefficient (Wildman–Crippen LogP) is 4.13. The zero-order chi connectivity index (χ0) is 15.7. The Morgan fingerprint density at radius 3 is 2.68 bits per heavy atom. The molecule has 122 valence electrons. The van der Waals surface area contributed by atoms with Crippen LogP contribution in [0.4, 0.5) is 0 Å². The van der Waals surface area contributed by atoms with Crippen LogP contribution < -0.4 is 0 Å². The van der Waals surface area contributed by atoms with Gasteiger partial charge in [-0.05, 0) is 68.1 Å². The molecule has 0 radical (unpaired) electrons. The Hall–Kier alpha value is -0.630. The van der Waals surface area contributed by atoms with Crippen LogP contribution in [0.3, 0.4) is 0 Å². The highest BCUT2D eigenvalue weighted by atomic mass is 16.3. The number of hydrogen-bond donors (Lipinski definition) is 1. The maximum Gasteiger partial charge on any atom is 0.142 e. The highest BCUT2D eigenvalue weighted by molar-refractivity contribution is 5.89. The Kier molecular flexibility index (Phi) is 3.18. The summed E-state index contributed by atoms with van der Waals surface area (Å²) < 4.78 is 0. The molecule has 0 heterocycles. The number of aliphatic hydroxyl groups excluding tert-OH is 1. The third-order valence-electron chi connectivity index (χ3n) is 8.01. The quantitative estimate of drug-likeness (QED) is 0.683. The van der Waals surface area contributed by atoms with Crippen molar-refractivity contribution in [3.63, 3.8) is 0 Å². The second kappa shape index (κ2) is 4.69. The van der Waals surface area contributed by atoms with E-state index in [0.717, 1.165) is 32.1 Å². The summed E-state index contributed by atoms with van der Waals surface area (Å²) in [5.74, 6) is 2.61. The SMILES string of the molecule is CC1CC2C3CC[C@@H]4C[C@H](O)CC[C@]4(C)C3=CC[C@]2(C)C1=O. The van der Waals surface area contributed by atoms with E-state index in [2.05, 4.69) is 26.8 Å². The molecule has 3 unspecified atom stereocenters. The van der Waals surface area contributed by atoms with E-state index in [1.165, 1.54) is 12.8 Å². The van der Waals surface area contributed by atoms with E-state index >= 15 is 0 Å². The van der Waals surface area contributed by atoms with Crippen molar-refractivity contribution in [1.82, 2.24) is 0 Å². The normalized spacial score (nSPS) is 54.3. The molecule has 4 aliphatic carbocycles. The maximum absolute atomic E-state index is 12.7. The molecule has 0 saturated heterocycles. The fraction of sp³-hybridized carbons (Fsp3) is 0.850. The first-order valence-corrected chi connectivity index (χ1v) is 9.29. The van der Waals surface area contributed by atoms with E-state index in [1.807, 2.05) is 0 Å². The molecular weight excluding hydrogens is 272 g/mol. The predicted molar refractivity (Wildman–Crippen MR) is 87.3 cm³/mol. The largest absolute Gasteiger partial charge is 0.393 e. The molecule has 4 rings (SSSR count). The number of rotatable bonds is 0. The summed E-state index contributed by atoms with van der Waals surface area (Å²) in [5.41, 5.74) is 1.86. The maximum atomic E-state index is 12.7. The van der Waals surface area contributed by atoms with Crippen LogP contribution in [0.15, 0.2) is 11.6 Å². The number of fused-ring (bicyclic) bond motifs is 5. The molecule has 0 aromatic carbocycles. The van der Waals surface area contributed by atoms with Gasteiger partial charge in [0, 0.05) is 11.3 Å². The van der Waals surface area contributed by atoms with E-state index in [-0.39, 0.29) is 17.4 Å². The van der Waals surface area contributed by atoms with Crippen molar-refractivity contribution in [1.29, 1.82) is 0 Å². The fourth-order valence-corrected chi connectivity index (χ4v) is 6.63. The molecule has 3 saturated carbocycles. The number of ketones is 1. The Labute approximate surface area is 134 Å². The molecule has 2 nitrogen and oxygen atoms in total. The Balaban J connectivity index is 1.71. The van der Waals surface area contributed by atoms with Crippen molar-refractivity contribution in [2.75, 3.05) is 0 Å². The summed E-state index contributed by atoms with van der Waals surface area (Å²) in [6.45, 7) is 6.82. The molecular formula is C20H30O2. The lowest BCUT2D eigenvalue weighted by Gasteiger charge is -2.55. The molecule has 7 atom stereocenters. The van der Waals surface area contributed by atoms with Gasteiger partial charge in [-0.1, -0.05) is 32.4 Å². The minimum atomic E-state index is -0.0923. The van der Waals surface area contributed by atoms with Gasteiger partial charge in [0.2, 0.25) is 0 Å². The number of carbonyl (C=O) groups excluding carboxylic acids is 1. The van der Waals surface area contributed by atoms with Crippen LogP contribution in [-0.2, 0) is 4.79 Å². The van der Waals surface area contributed by atoms with Crippen molar-refractivity contribution in [3.05, 3.63) is 11.6 Å². The van der Waals surface area contributed by atoms with Crippen molar-refractivity contribution in [2.45, 2.75) is 71.8 Å². The van der Waals surface area contributed by atoms with Gasteiger partial charge in [0.25, 0.3) is 0 Å². The number of Topliss-reactive ketones (excluding diaryl/α,β-unsaturated/α-hetero) is 1. The van der Waals surface area contributed by atoms with Gasteiger partial charge >= 0.3 is 0 Å². The van der Waals surface area contributed by atoms with Crippen molar-refractivity contribution < 1.29 is 9.90 Å². The van der Waals surface area contributed by atoms with Crippen LogP contribution in [-0.4, -0.2) is 17.0 Å². The summed E-state index contributed by atoms with van der Waals surface area (Å²) in [4.78, 5) is 12.7. The van der Waals surface area contributed by atoms with Crippen LogP contribution in [0.25, 0.3) is 0 Å². The summed E-state index contributed by atoms with van der Waals surface area (Å²) in [6.07, 6.45) is 9.97. The van der Waals surface area contributed by atoms with Gasteiger partial charge in [0.05, 0.1) is 6.10 Å². The van der Waals surface area contributed by atoms with E-state index in [0.29, 0.717) is 29.0 Å². The second-order valence-corrected chi connectivity index (χ2v) is 9.11. The van der Waals surface area contributed by atoms with Gasteiger partial charge in [-0.15, -0.1) is 0 Å². The van der Waals surface area contributed by atoms with Crippen molar-refractivity contribution in [3.8, 4) is 0 Å². The third kappa shape index (κ3) is 1.79. The number of hydrogen-bond acceptors (Lipinski definition) is 2. The molecule has 4 aliphatic rings. The van der Waals surface area contributed by atoms with Crippen molar-refractivity contribution >= 4 is 5.78 Å². The summed E-state index contributed by atoms with van der Waals surface area (Å²) in [6, 6.07) is 0. The minimum Gasteiger partial charge on any atom is -0.393 e. The molecule has 0 bridgehead atoms. The first-order valence-electron chi connectivity index (χ1n) is 9.29. The van der Waals surface area contributed by atoms with Crippen molar-refractivity contribution in [2.24, 2.45) is 34.5 Å². The lowest BCUT2D eigenvalue weighted by Crippen LogP contribution is -2.48. The second-order valence-electron chi connectivity index (χ2n) is 9.11. The van der Waals surface area contributed by atoms with Crippen LogP contribution >= 0.6 is 0 Å². The molecule has 3 fully saturated rings. The van der Waals surface area contributed by atoms with Gasteiger partial charge in [-0.3, -0.25) is 4.79 Å². The topological polar surface area (TPSA) is 37.3 Å². The monoisotopic (exact) mass is 302 g/mol. The van der Waals surface area contributed by atoms with E-state index in [4.69, 9.17) is 0 Å². The fourth-order valence-electron chi connectivity index (χ4n) is 6.63. The van der Waals surface area contributed by atoms with Gasteiger partial charge in [0.1, 0.15) is 5.78 Å². The van der Waals surface area contributed by atoms with Gasteiger partial charge in [-0.2, -0.15) is 0 Å². The van der Waals surface area contributed by atoms with Crippen LogP contribution in [0.1, 0.15) is 65.7 Å². The highest BCUT2D eigenvalue weighted by Gasteiger charge is 2.58. The summed E-state index contributed by atoms with van der Waals surface area (Å²) in [5, 5.41) is 10.1. The van der Waals surface area contributed by atoms with Gasteiger partial charge in [-0.25, -0.2) is 0 Å². The first-order chi connectivity index (χ1) is 10.4. The Morgan fingerprint density at radius 1 is 1.14 bits per heavy atom. The van der Waals surface area contributed by atoms with E-state index < -0.39 is 0 Å². The Morgan fingerprint density at radius 2 is 1.91 bits per heavy atom. The van der Waals surface area contributed by atoms with Crippen LogP contribution in [0, 0.1) is 34.5 Å². The lowest BCUT2D eigenvalue weighted by atomic mass is 9.49. The number of allylic oxidation sites excluding steroid dienone is 2. The Bertz CT molecular complexity index is 536. The average Bonchev–Trinajstić information content (AvgIpc) is 2.72. The number of aliphatic hydroxyl groups is 1. The molecule has 1 N–H and O–H groups in total.